The zero-order valence-corrected chi connectivity index (χ0v) is 15.4. The van der Waals surface area contributed by atoms with Crippen molar-refractivity contribution in [3.63, 3.8) is 0 Å². The number of nitrogens with two attached hydrogens (primary N) is 1. The van der Waals surface area contributed by atoms with E-state index in [1.165, 1.54) is 16.7 Å². The number of nitrogen functional groups attached to an aromatic ring is 1. The molecule has 0 atom stereocenters. The lowest BCUT2D eigenvalue weighted by atomic mass is 10.0. The van der Waals surface area contributed by atoms with Gasteiger partial charge in [0.1, 0.15) is 0 Å². The van der Waals surface area contributed by atoms with Crippen LogP contribution in [0, 0.1) is 11.3 Å². The number of hydrogen-bond donors (Lipinski definition) is 1. The Morgan fingerprint density at radius 1 is 0.821 bits per heavy atom. The number of imidazole rings is 1. The molecule has 2 N–H and O–H groups in total. The summed E-state index contributed by atoms with van der Waals surface area (Å²) in [6.45, 7) is 0.673. The molecule has 28 heavy (non-hydrogen) atoms. The Morgan fingerprint density at radius 3 is 2.14 bits per heavy atom. The van der Waals surface area contributed by atoms with Gasteiger partial charge < -0.3 is 10.3 Å². The monoisotopic (exact) mass is 364 g/mol. The molecule has 0 spiro atoms. The number of hydrogen-bond acceptors (Lipinski definition) is 3. The molecule has 1 heterocycles. The van der Waals surface area contributed by atoms with E-state index in [4.69, 9.17) is 11.0 Å². The van der Waals surface area contributed by atoms with Gasteiger partial charge in [0, 0.05) is 12.1 Å². The van der Waals surface area contributed by atoms with Crippen molar-refractivity contribution < 1.29 is 0 Å². The largest absolute Gasteiger partial charge is 0.369 e. The van der Waals surface area contributed by atoms with Crippen LogP contribution in [0.4, 0.5) is 5.95 Å². The summed E-state index contributed by atoms with van der Waals surface area (Å²) in [7, 11) is 0. The van der Waals surface area contributed by atoms with E-state index < -0.39 is 0 Å². The van der Waals surface area contributed by atoms with Crippen LogP contribution in [0.25, 0.3) is 11.1 Å². The van der Waals surface area contributed by atoms with Crippen molar-refractivity contribution in [3.05, 3.63) is 107 Å². The molecule has 0 aliphatic heterocycles. The molecule has 0 aliphatic carbocycles. The molecule has 0 fully saturated rings. The van der Waals surface area contributed by atoms with Gasteiger partial charge in [-0.15, -0.1) is 0 Å². The van der Waals surface area contributed by atoms with Crippen molar-refractivity contribution in [1.82, 2.24) is 9.55 Å². The SMILES string of the molecule is N#Cc1ccc(Cc2cnc(N)n2Cc2ccc(-c3ccccc3)cc2)cc1. The van der Waals surface area contributed by atoms with Gasteiger partial charge in [0.15, 0.2) is 0 Å². The van der Waals surface area contributed by atoms with Crippen LogP contribution in [-0.4, -0.2) is 9.55 Å². The fourth-order valence-electron chi connectivity index (χ4n) is 3.27. The standard InChI is InChI=1S/C24H20N4/c25-15-19-8-6-18(7-9-19)14-23-16-27-24(26)28(23)17-20-10-12-22(13-11-20)21-4-2-1-3-5-21/h1-13,16H,14,17H2,(H2,26,27). The second-order valence-electron chi connectivity index (χ2n) is 6.74. The second-order valence-corrected chi connectivity index (χ2v) is 6.74. The van der Waals surface area contributed by atoms with Gasteiger partial charge in [-0.25, -0.2) is 4.98 Å². The van der Waals surface area contributed by atoms with Gasteiger partial charge in [-0.3, -0.25) is 0 Å². The van der Waals surface area contributed by atoms with Crippen LogP contribution in [0.15, 0.2) is 85.1 Å². The molecular weight excluding hydrogens is 344 g/mol. The number of rotatable bonds is 5. The van der Waals surface area contributed by atoms with Gasteiger partial charge in [-0.2, -0.15) is 5.26 Å². The first-order valence-corrected chi connectivity index (χ1v) is 9.16. The van der Waals surface area contributed by atoms with Crippen molar-refractivity contribution in [2.45, 2.75) is 13.0 Å². The third kappa shape index (κ3) is 3.79. The van der Waals surface area contributed by atoms with Crippen LogP contribution in [0.1, 0.15) is 22.4 Å². The molecule has 136 valence electrons. The first-order chi connectivity index (χ1) is 13.7. The minimum Gasteiger partial charge on any atom is -0.369 e. The van der Waals surface area contributed by atoms with Crippen LogP contribution in [-0.2, 0) is 13.0 Å². The molecule has 4 rings (SSSR count). The topological polar surface area (TPSA) is 67.6 Å². The van der Waals surface area contributed by atoms with Crippen LogP contribution in [0.2, 0.25) is 0 Å². The van der Waals surface area contributed by atoms with Crippen LogP contribution < -0.4 is 5.73 Å². The predicted octanol–water partition coefficient (Wildman–Crippen LogP) is 4.64. The van der Waals surface area contributed by atoms with Gasteiger partial charge >= 0.3 is 0 Å². The molecule has 0 amide bonds. The fraction of sp³-hybridized carbons (Fsp3) is 0.0833. The summed E-state index contributed by atoms with van der Waals surface area (Å²) < 4.78 is 2.04. The zero-order valence-electron chi connectivity index (χ0n) is 15.4. The molecule has 0 bridgehead atoms. The number of nitriles is 1. The molecule has 0 saturated heterocycles. The van der Waals surface area contributed by atoms with Gasteiger partial charge in [0.2, 0.25) is 5.95 Å². The smallest absolute Gasteiger partial charge is 0.200 e. The molecule has 4 heteroatoms. The highest BCUT2D eigenvalue weighted by Gasteiger charge is 2.09. The average Bonchev–Trinajstić information content (AvgIpc) is 3.09. The Hall–Kier alpha value is -3.84. The minimum absolute atomic E-state index is 0.510. The number of anilines is 1. The maximum absolute atomic E-state index is 8.94. The Balaban J connectivity index is 1.53. The molecule has 0 radical (unpaired) electrons. The van der Waals surface area contributed by atoms with E-state index >= 15 is 0 Å². The van der Waals surface area contributed by atoms with Crippen molar-refractivity contribution >= 4 is 5.95 Å². The van der Waals surface area contributed by atoms with Gasteiger partial charge in [0.05, 0.1) is 24.4 Å². The lowest BCUT2D eigenvalue weighted by Crippen LogP contribution is -2.08. The van der Waals surface area contributed by atoms with E-state index in [1.54, 1.807) is 0 Å². The molecular formula is C24H20N4. The second kappa shape index (κ2) is 7.81. The van der Waals surface area contributed by atoms with Crippen LogP contribution in [0.5, 0.6) is 0 Å². The van der Waals surface area contributed by atoms with E-state index in [-0.39, 0.29) is 0 Å². The van der Waals surface area contributed by atoms with E-state index in [1.807, 2.05) is 53.2 Å². The summed E-state index contributed by atoms with van der Waals surface area (Å²) in [5, 5.41) is 8.94. The van der Waals surface area contributed by atoms with E-state index in [0.29, 0.717) is 18.1 Å². The van der Waals surface area contributed by atoms with E-state index in [0.717, 1.165) is 17.7 Å². The molecule has 0 unspecified atom stereocenters. The third-order valence-electron chi connectivity index (χ3n) is 4.84. The summed E-state index contributed by atoms with van der Waals surface area (Å²) in [5.41, 5.74) is 12.5. The van der Waals surface area contributed by atoms with Crippen molar-refractivity contribution in [1.29, 1.82) is 5.26 Å². The zero-order chi connectivity index (χ0) is 19.3. The van der Waals surface area contributed by atoms with Crippen molar-refractivity contribution in [3.8, 4) is 17.2 Å². The highest BCUT2D eigenvalue weighted by atomic mass is 15.1. The van der Waals surface area contributed by atoms with Gasteiger partial charge in [0.25, 0.3) is 0 Å². The van der Waals surface area contributed by atoms with Crippen molar-refractivity contribution in [2.24, 2.45) is 0 Å². The molecule has 1 aromatic heterocycles. The van der Waals surface area contributed by atoms with Crippen LogP contribution >= 0.6 is 0 Å². The molecule has 3 aromatic carbocycles. The summed E-state index contributed by atoms with van der Waals surface area (Å²) >= 11 is 0. The lowest BCUT2D eigenvalue weighted by Gasteiger charge is -2.11. The summed E-state index contributed by atoms with van der Waals surface area (Å²) in [6, 6.07) is 28.6. The number of nitrogens with zero attached hydrogens (tertiary/aromatic N) is 3. The Bertz CT molecular complexity index is 1100. The maximum Gasteiger partial charge on any atom is 0.200 e. The summed E-state index contributed by atoms with van der Waals surface area (Å²) in [6.07, 6.45) is 2.55. The van der Waals surface area contributed by atoms with Crippen LogP contribution in [0.3, 0.4) is 0 Å². The normalized spacial score (nSPS) is 10.5. The molecule has 4 aromatic rings. The minimum atomic E-state index is 0.510. The lowest BCUT2D eigenvalue weighted by molar-refractivity contribution is 0.765. The average molecular weight is 364 g/mol. The summed E-state index contributed by atoms with van der Waals surface area (Å²) in [4.78, 5) is 4.30. The predicted molar refractivity (Wildman–Crippen MR) is 112 cm³/mol. The highest BCUT2D eigenvalue weighted by Crippen LogP contribution is 2.21. The first-order valence-electron chi connectivity index (χ1n) is 9.16. The Labute approximate surface area is 164 Å². The molecule has 0 aliphatic rings. The quantitative estimate of drug-likeness (QED) is 0.561. The fourth-order valence-corrected chi connectivity index (χ4v) is 3.27. The molecule has 4 nitrogen and oxygen atoms in total. The molecule has 0 saturated carbocycles. The maximum atomic E-state index is 8.94. The first kappa shape index (κ1) is 17.6. The Kier molecular flexibility index (Phi) is 4.90. The van der Waals surface area contributed by atoms with E-state index in [2.05, 4.69) is 47.5 Å². The Morgan fingerprint density at radius 2 is 1.46 bits per heavy atom. The number of aromatic nitrogens is 2. The number of benzene rings is 3. The highest BCUT2D eigenvalue weighted by molar-refractivity contribution is 5.63. The van der Waals surface area contributed by atoms with E-state index in [9.17, 15) is 0 Å². The van der Waals surface area contributed by atoms with Gasteiger partial charge in [-0.05, 0) is 34.4 Å². The van der Waals surface area contributed by atoms with Gasteiger partial charge in [-0.1, -0.05) is 66.7 Å². The third-order valence-corrected chi connectivity index (χ3v) is 4.84. The summed E-state index contributed by atoms with van der Waals surface area (Å²) in [5.74, 6) is 0.510. The van der Waals surface area contributed by atoms with Crippen molar-refractivity contribution in [2.75, 3.05) is 5.73 Å².